The first kappa shape index (κ1) is 13.1. The zero-order valence-electron chi connectivity index (χ0n) is 11.2. The quantitative estimate of drug-likeness (QED) is 0.912. The highest BCUT2D eigenvalue weighted by molar-refractivity contribution is 7.12. The molecular weight excluding hydrogens is 240 g/mol. The van der Waals surface area contributed by atoms with E-state index in [4.69, 9.17) is 5.73 Å². The molecule has 0 fully saturated rings. The van der Waals surface area contributed by atoms with E-state index in [0.29, 0.717) is 6.54 Å². The molecule has 2 N–H and O–H groups in total. The van der Waals surface area contributed by atoms with Gasteiger partial charge in [0, 0.05) is 35.6 Å². The maximum absolute atomic E-state index is 5.69. The molecule has 0 aliphatic heterocycles. The fourth-order valence-corrected chi connectivity index (χ4v) is 3.11. The zero-order chi connectivity index (χ0) is 13.1. The van der Waals surface area contributed by atoms with E-state index in [1.165, 1.54) is 26.6 Å². The fourth-order valence-electron chi connectivity index (χ4n) is 2.18. The third-order valence-electron chi connectivity index (χ3n) is 3.21. The van der Waals surface area contributed by atoms with Gasteiger partial charge in [-0.15, -0.1) is 11.3 Å². The molecule has 0 radical (unpaired) electrons. The molecule has 0 unspecified atom stereocenters. The second-order valence-corrected chi connectivity index (χ2v) is 5.98. The van der Waals surface area contributed by atoms with Crippen molar-refractivity contribution in [3.05, 3.63) is 51.2 Å². The van der Waals surface area contributed by atoms with Crippen LogP contribution in [0.15, 0.2) is 30.3 Å². The molecule has 3 heteroatoms. The average Bonchev–Trinajstić information content (AvgIpc) is 2.70. The van der Waals surface area contributed by atoms with E-state index in [0.717, 1.165) is 6.54 Å². The van der Waals surface area contributed by atoms with Gasteiger partial charge in [-0.25, -0.2) is 0 Å². The van der Waals surface area contributed by atoms with Crippen molar-refractivity contribution in [3.63, 3.8) is 0 Å². The van der Waals surface area contributed by atoms with E-state index in [1.807, 2.05) is 0 Å². The second kappa shape index (κ2) is 5.55. The van der Waals surface area contributed by atoms with Gasteiger partial charge in [-0.05, 0) is 37.1 Å². The Morgan fingerprint density at radius 1 is 1.22 bits per heavy atom. The average molecular weight is 260 g/mol. The van der Waals surface area contributed by atoms with Crippen LogP contribution in [0.25, 0.3) is 0 Å². The van der Waals surface area contributed by atoms with E-state index in [-0.39, 0.29) is 0 Å². The van der Waals surface area contributed by atoms with Crippen molar-refractivity contribution in [2.75, 3.05) is 11.9 Å². The first-order chi connectivity index (χ1) is 8.61. The number of nitrogens with zero attached hydrogens (tertiary/aromatic N) is 1. The normalized spacial score (nSPS) is 10.7. The van der Waals surface area contributed by atoms with Crippen molar-refractivity contribution in [2.24, 2.45) is 5.73 Å². The lowest BCUT2D eigenvalue weighted by Crippen LogP contribution is -2.17. The number of anilines is 1. The van der Waals surface area contributed by atoms with Crippen LogP contribution in [0.5, 0.6) is 0 Å². The smallest absolute Gasteiger partial charge is 0.0437 e. The van der Waals surface area contributed by atoms with Gasteiger partial charge in [0.05, 0.1) is 0 Å². The minimum Gasteiger partial charge on any atom is -0.370 e. The summed E-state index contributed by atoms with van der Waals surface area (Å²) >= 11 is 1.80. The van der Waals surface area contributed by atoms with Crippen molar-refractivity contribution < 1.29 is 0 Å². The molecule has 0 atom stereocenters. The Morgan fingerprint density at radius 3 is 2.56 bits per heavy atom. The van der Waals surface area contributed by atoms with Gasteiger partial charge in [-0.3, -0.25) is 0 Å². The lowest BCUT2D eigenvalue weighted by atomic mass is 10.1. The second-order valence-electron chi connectivity index (χ2n) is 4.64. The summed E-state index contributed by atoms with van der Waals surface area (Å²) in [6, 6.07) is 10.7. The lowest BCUT2D eigenvalue weighted by molar-refractivity contribution is 0.913. The van der Waals surface area contributed by atoms with Gasteiger partial charge in [-0.1, -0.05) is 18.2 Å². The van der Waals surface area contributed by atoms with E-state index in [9.17, 15) is 0 Å². The van der Waals surface area contributed by atoms with Crippen LogP contribution in [0.4, 0.5) is 5.69 Å². The molecule has 0 saturated carbocycles. The summed E-state index contributed by atoms with van der Waals surface area (Å²) in [7, 11) is 2.14. The van der Waals surface area contributed by atoms with Crippen LogP contribution in [0.3, 0.4) is 0 Å². The largest absolute Gasteiger partial charge is 0.370 e. The van der Waals surface area contributed by atoms with Crippen molar-refractivity contribution in [2.45, 2.75) is 26.9 Å². The maximum atomic E-state index is 5.69. The van der Waals surface area contributed by atoms with E-state index < -0.39 is 0 Å². The summed E-state index contributed by atoms with van der Waals surface area (Å²) in [5.74, 6) is 0. The Morgan fingerprint density at radius 2 is 1.94 bits per heavy atom. The van der Waals surface area contributed by atoms with Crippen LogP contribution >= 0.6 is 11.3 Å². The Kier molecular flexibility index (Phi) is 4.04. The van der Waals surface area contributed by atoms with E-state index >= 15 is 0 Å². The molecular formula is C15H20N2S. The van der Waals surface area contributed by atoms with E-state index in [1.54, 1.807) is 11.3 Å². The van der Waals surface area contributed by atoms with Gasteiger partial charge in [0.1, 0.15) is 0 Å². The van der Waals surface area contributed by atoms with Crippen molar-refractivity contribution in [1.29, 1.82) is 0 Å². The van der Waals surface area contributed by atoms with Gasteiger partial charge in [0.15, 0.2) is 0 Å². The van der Waals surface area contributed by atoms with Crippen LogP contribution in [0.1, 0.15) is 20.9 Å². The van der Waals surface area contributed by atoms with Crippen molar-refractivity contribution in [3.8, 4) is 0 Å². The molecule has 2 nitrogen and oxygen atoms in total. The van der Waals surface area contributed by atoms with Crippen LogP contribution in [0, 0.1) is 13.8 Å². The molecule has 18 heavy (non-hydrogen) atoms. The predicted octanol–water partition coefficient (Wildman–Crippen LogP) is 3.46. The van der Waals surface area contributed by atoms with Gasteiger partial charge < -0.3 is 10.6 Å². The zero-order valence-corrected chi connectivity index (χ0v) is 12.1. The molecule has 2 aromatic rings. The minimum atomic E-state index is 0.638. The lowest BCUT2D eigenvalue weighted by Gasteiger charge is -2.21. The highest BCUT2D eigenvalue weighted by Gasteiger charge is 2.09. The third-order valence-corrected chi connectivity index (χ3v) is 4.32. The molecule has 1 aromatic heterocycles. The number of rotatable bonds is 4. The first-order valence-electron chi connectivity index (χ1n) is 6.17. The van der Waals surface area contributed by atoms with Crippen molar-refractivity contribution >= 4 is 17.0 Å². The van der Waals surface area contributed by atoms with Gasteiger partial charge in [0.25, 0.3) is 0 Å². The molecule has 0 aliphatic rings. The number of benzene rings is 1. The summed E-state index contributed by atoms with van der Waals surface area (Å²) < 4.78 is 0. The molecule has 0 aliphatic carbocycles. The number of aryl methyl sites for hydroxylation is 2. The molecule has 0 saturated heterocycles. The van der Waals surface area contributed by atoms with Gasteiger partial charge in [-0.2, -0.15) is 0 Å². The minimum absolute atomic E-state index is 0.638. The summed E-state index contributed by atoms with van der Waals surface area (Å²) in [4.78, 5) is 4.93. The van der Waals surface area contributed by atoms with Gasteiger partial charge >= 0.3 is 0 Å². The maximum Gasteiger partial charge on any atom is 0.0437 e. The Balaban J connectivity index is 2.18. The molecule has 1 heterocycles. The highest BCUT2D eigenvalue weighted by Crippen LogP contribution is 2.25. The van der Waals surface area contributed by atoms with Crippen LogP contribution < -0.4 is 10.6 Å². The summed E-state index contributed by atoms with van der Waals surface area (Å²) in [5, 5.41) is 0. The molecule has 96 valence electrons. The third kappa shape index (κ3) is 2.74. The van der Waals surface area contributed by atoms with Crippen LogP contribution in [-0.2, 0) is 13.1 Å². The van der Waals surface area contributed by atoms with E-state index in [2.05, 4.69) is 56.1 Å². The topological polar surface area (TPSA) is 29.3 Å². The summed E-state index contributed by atoms with van der Waals surface area (Å²) in [5.41, 5.74) is 9.68. The van der Waals surface area contributed by atoms with Crippen LogP contribution in [0.2, 0.25) is 0 Å². The molecule has 0 spiro atoms. The standard InChI is InChI=1S/C15H20N2S/c1-11-6-4-5-7-15(11)17(3)10-13-8-14(9-16)18-12(13)2/h4-8H,9-10,16H2,1-3H3. The Bertz CT molecular complexity index is 531. The Hall–Kier alpha value is -1.32. The molecule has 0 bridgehead atoms. The number of hydrogen-bond donors (Lipinski definition) is 1. The van der Waals surface area contributed by atoms with Gasteiger partial charge in [0.2, 0.25) is 0 Å². The van der Waals surface area contributed by atoms with Crippen molar-refractivity contribution in [1.82, 2.24) is 0 Å². The van der Waals surface area contributed by atoms with Crippen LogP contribution in [-0.4, -0.2) is 7.05 Å². The molecule has 0 amide bonds. The SMILES string of the molecule is Cc1ccccc1N(C)Cc1cc(CN)sc1C. The predicted molar refractivity (Wildman–Crippen MR) is 80.2 cm³/mol. The molecule has 1 aromatic carbocycles. The molecule has 2 rings (SSSR count). The number of nitrogens with two attached hydrogens (primary N) is 1. The highest BCUT2D eigenvalue weighted by atomic mass is 32.1. The monoisotopic (exact) mass is 260 g/mol. The number of thiophene rings is 1. The first-order valence-corrected chi connectivity index (χ1v) is 6.98. The Labute approximate surface area is 113 Å². The summed E-state index contributed by atoms with van der Waals surface area (Å²) in [6.45, 7) is 5.90. The number of hydrogen-bond acceptors (Lipinski definition) is 3. The summed E-state index contributed by atoms with van der Waals surface area (Å²) in [6.07, 6.45) is 0. The number of para-hydroxylation sites is 1. The fraction of sp³-hybridized carbons (Fsp3) is 0.333.